The maximum absolute atomic E-state index is 13.8. The third kappa shape index (κ3) is 2.82. The van der Waals surface area contributed by atoms with Crippen molar-refractivity contribution in [3.63, 3.8) is 0 Å². The van der Waals surface area contributed by atoms with Gasteiger partial charge in [0.25, 0.3) is 17.7 Å². The zero-order chi connectivity index (χ0) is 23.7. The summed E-state index contributed by atoms with van der Waals surface area (Å²) in [7, 11) is 0. The number of para-hydroxylation sites is 1. The van der Waals surface area contributed by atoms with Gasteiger partial charge >= 0.3 is 12.0 Å². The number of carbonyl (C=O) groups is 5. The van der Waals surface area contributed by atoms with Gasteiger partial charge in [0.05, 0.1) is 5.69 Å². The van der Waals surface area contributed by atoms with Crippen molar-refractivity contribution in [2.45, 2.75) is 51.6 Å². The predicted molar refractivity (Wildman–Crippen MR) is 114 cm³/mol. The lowest BCUT2D eigenvalue weighted by Gasteiger charge is -2.36. The molecule has 3 aliphatic heterocycles. The van der Waals surface area contributed by atoms with Crippen molar-refractivity contribution >= 4 is 40.6 Å². The topological polar surface area (TPSA) is 120 Å². The van der Waals surface area contributed by atoms with Crippen LogP contribution in [0.3, 0.4) is 0 Å². The first-order valence-corrected chi connectivity index (χ1v) is 11.0. The van der Waals surface area contributed by atoms with Gasteiger partial charge in [-0.25, -0.2) is 14.5 Å². The number of imide groups is 2. The number of carbonyl (C=O) groups excluding carboxylic acids is 5. The molecule has 1 aromatic carbocycles. The van der Waals surface area contributed by atoms with Gasteiger partial charge in [-0.2, -0.15) is 0 Å². The van der Waals surface area contributed by atoms with Crippen molar-refractivity contribution in [2.75, 3.05) is 6.54 Å². The minimum atomic E-state index is -1.31. The second-order valence-corrected chi connectivity index (χ2v) is 9.14. The van der Waals surface area contributed by atoms with E-state index in [2.05, 4.69) is 4.98 Å². The zero-order valence-corrected chi connectivity index (χ0v) is 18.6. The van der Waals surface area contributed by atoms with Gasteiger partial charge < -0.3 is 14.7 Å². The normalized spacial score (nSPS) is 23.6. The van der Waals surface area contributed by atoms with Crippen molar-refractivity contribution in [2.24, 2.45) is 5.92 Å². The molecule has 0 aliphatic carbocycles. The average Bonchev–Trinajstić information content (AvgIpc) is 3.37. The molecule has 2 saturated heterocycles. The lowest BCUT2D eigenvalue weighted by molar-refractivity contribution is -0.201. The molecule has 1 N–H and O–H groups in total. The van der Waals surface area contributed by atoms with Gasteiger partial charge in [-0.3, -0.25) is 14.4 Å². The lowest BCUT2D eigenvalue weighted by Crippen LogP contribution is -2.52. The van der Waals surface area contributed by atoms with Crippen LogP contribution in [0.15, 0.2) is 24.3 Å². The number of hydrogen-bond acceptors (Lipinski definition) is 6. The largest absolute Gasteiger partial charge is 0.356 e. The highest BCUT2D eigenvalue weighted by Gasteiger charge is 2.61. The molecule has 172 valence electrons. The highest BCUT2D eigenvalue weighted by atomic mass is 16.7. The van der Waals surface area contributed by atoms with Gasteiger partial charge in [0.1, 0.15) is 6.04 Å². The van der Waals surface area contributed by atoms with Crippen LogP contribution in [0.25, 0.3) is 10.9 Å². The fourth-order valence-electron chi connectivity index (χ4n) is 5.14. The fraction of sp³-hybridized carbons (Fsp3) is 0.435. The Bertz CT molecular complexity index is 1220. The Kier molecular flexibility index (Phi) is 4.59. The number of amides is 5. The molecule has 10 heteroatoms. The molecular formula is C23H24N4O6. The number of hydrogen-bond donors (Lipinski definition) is 1. The Labute approximate surface area is 189 Å². The Balaban J connectivity index is 1.53. The number of nitrogens with one attached hydrogen (secondary N) is 1. The van der Waals surface area contributed by atoms with Gasteiger partial charge in [0.15, 0.2) is 5.54 Å². The Morgan fingerprint density at radius 2 is 1.73 bits per heavy atom. The zero-order valence-electron chi connectivity index (χ0n) is 18.6. The second-order valence-electron chi connectivity index (χ2n) is 9.14. The molecule has 3 aliphatic rings. The summed E-state index contributed by atoms with van der Waals surface area (Å²) in [5.41, 5.74) is 1.17. The number of urea groups is 1. The molecule has 0 bridgehead atoms. The van der Waals surface area contributed by atoms with Crippen LogP contribution in [-0.4, -0.2) is 62.2 Å². The molecule has 0 radical (unpaired) electrons. The molecule has 5 rings (SSSR count). The molecular weight excluding hydrogens is 428 g/mol. The molecule has 1 aromatic heterocycles. The predicted octanol–water partition coefficient (Wildman–Crippen LogP) is 1.84. The van der Waals surface area contributed by atoms with Crippen molar-refractivity contribution in [1.82, 2.24) is 19.8 Å². The monoisotopic (exact) mass is 452 g/mol. The number of rotatable bonds is 4. The highest BCUT2D eigenvalue weighted by Crippen LogP contribution is 2.45. The van der Waals surface area contributed by atoms with Gasteiger partial charge in [-0.15, -0.1) is 5.06 Å². The second kappa shape index (κ2) is 7.16. The smallest absolute Gasteiger partial charge is 0.356 e. The third-order valence-corrected chi connectivity index (χ3v) is 6.84. The third-order valence-electron chi connectivity index (χ3n) is 6.84. The summed E-state index contributed by atoms with van der Waals surface area (Å²) in [6.07, 6.45) is 0.472. The van der Waals surface area contributed by atoms with Crippen molar-refractivity contribution < 1.29 is 28.8 Å². The molecule has 33 heavy (non-hydrogen) atoms. The molecule has 2 aromatic rings. The maximum atomic E-state index is 13.8. The summed E-state index contributed by atoms with van der Waals surface area (Å²) >= 11 is 0. The first-order valence-electron chi connectivity index (χ1n) is 11.0. The number of benzene rings is 1. The van der Waals surface area contributed by atoms with E-state index in [0.717, 1.165) is 21.4 Å². The standard InChI is InChI=1S/C23H24N4O6/c1-12(2)18(20(30)33-27-16(28)8-9-17(27)29)26-21(31)23(3)19-14(10-11-25(23)22(26)32)13-6-4-5-7-15(13)24-19/h4-7,12,18,24H,8-11H2,1-3H3/t18-,23+/m1/s1. The maximum Gasteiger partial charge on any atom is 0.356 e. The summed E-state index contributed by atoms with van der Waals surface area (Å²) in [6, 6.07) is 5.82. The van der Waals surface area contributed by atoms with E-state index in [1.54, 1.807) is 20.8 Å². The van der Waals surface area contributed by atoms with Gasteiger partial charge in [-0.05, 0) is 30.9 Å². The summed E-state index contributed by atoms with van der Waals surface area (Å²) in [4.78, 5) is 75.0. The number of hydroxylamine groups is 2. The van der Waals surface area contributed by atoms with Crippen LogP contribution in [0.4, 0.5) is 4.79 Å². The van der Waals surface area contributed by atoms with Crippen molar-refractivity contribution in [1.29, 1.82) is 0 Å². The first-order chi connectivity index (χ1) is 15.7. The molecule has 5 amide bonds. The van der Waals surface area contributed by atoms with Gasteiger partial charge in [-0.1, -0.05) is 32.0 Å². The summed E-state index contributed by atoms with van der Waals surface area (Å²) in [6.45, 7) is 5.34. The van der Waals surface area contributed by atoms with Crippen molar-refractivity contribution in [3.8, 4) is 0 Å². The molecule has 2 fully saturated rings. The van der Waals surface area contributed by atoms with E-state index in [4.69, 9.17) is 4.84 Å². The minimum Gasteiger partial charge on any atom is -0.356 e. The highest BCUT2D eigenvalue weighted by molar-refractivity contribution is 6.11. The molecule has 0 saturated carbocycles. The van der Waals surface area contributed by atoms with Crippen molar-refractivity contribution in [3.05, 3.63) is 35.5 Å². The Morgan fingerprint density at radius 1 is 1.06 bits per heavy atom. The fourth-order valence-corrected chi connectivity index (χ4v) is 5.14. The lowest BCUT2D eigenvalue weighted by atomic mass is 9.86. The van der Waals surface area contributed by atoms with E-state index in [9.17, 15) is 24.0 Å². The van der Waals surface area contributed by atoms with E-state index < -0.39 is 47.2 Å². The number of aromatic nitrogens is 1. The van der Waals surface area contributed by atoms with Crippen LogP contribution in [0.1, 0.15) is 44.9 Å². The van der Waals surface area contributed by atoms with E-state index in [0.29, 0.717) is 23.7 Å². The van der Waals surface area contributed by atoms with E-state index in [-0.39, 0.29) is 12.8 Å². The Hall–Kier alpha value is -3.69. The van der Waals surface area contributed by atoms with Crippen LogP contribution < -0.4 is 0 Å². The Morgan fingerprint density at radius 3 is 2.39 bits per heavy atom. The number of fused-ring (bicyclic) bond motifs is 5. The average molecular weight is 452 g/mol. The van der Waals surface area contributed by atoms with Crippen LogP contribution in [0.2, 0.25) is 0 Å². The molecule has 4 heterocycles. The number of nitrogens with zero attached hydrogens (tertiary/aromatic N) is 3. The number of H-pyrrole nitrogens is 1. The molecule has 0 spiro atoms. The minimum absolute atomic E-state index is 0.0466. The SMILES string of the molecule is CC(C)[C@H](C(=O)ON1C(=O)CCC1=O)N1C(=O)N2CCc3c([nH]c4ccccc34)[C@@]2(C)C1=O. The molecule has 10 nitrogen and oxygen atoms in total. The van der Waals surface area contributed by atoms with Crippen LogP contribution in [0, 0.1) is 5.92 Å². The summed E-state index contributed by atoms with van der Waals surface area (Å²) in [5, 5.41) is 1.44. The van der Waals surface area contributed by atoms with Crippen LogP contribution >= 0.6 is 0 Å². The quantitative estimate of drug-likeness (QED) is 0.558. The van der Waals surface area contributed by atoms with E-state index >= 15 is 0 Å². The molecule has 2 atom stereocenters. The molecule has 0 unspecified atom stereocenters. The van der Waals surface area contributed by atoms with E-state index in [1.807, 2.05) is 24.3 Å². The van der Waals surface area contributed by atoms with Gasteiger partial charge in [0.2, 0.25) is 0 Å². The van der Waals surface area contributed by atoms with E-state index in [1.165, 1.54) is 4.90 Å². The first kappa shape index (κ1) is 21.2. The van der Waals surface area contributed by atoms with Crippen LogP contribution in [0.5, 0.6) is 0 Å². The summed E-state index contributed by atoms with van der Waals surface area (Å²) < 4.78 is 0. The number of aromatic amines is 1. The van der Waals surface area contributed by atoms with Crippen LogP contribution in [-0.2, 0) is 36.0 Å². The van der Waals surface area contributed by atoms with Gasteiger partial charge in [0, 0.05) is 30.3 Å². The summed E-state index contributed by atoms with van der Waals surface area (Å²) in [5.74, 6) is -3.29.